The second kappa shape index (κ2) is 13.5. The number of allylic oxidation sites excluding steroid dienone is 4. The number of phenols is 8. The van der Waals surface area contributed by atoms with Gasteiger partial charge < -0.3 is 40.9 Å². The predicted molar refractivity (Wildman–Crippen MR) is 183 cm³/mol. The largest absolute Gasteiger partial charge is 0.508 e. The van der Waals surface area contributed by atoms with E-state index in [-0.39, 0.29) is 69.1 Å². The monoisotopic (exact) mass is 650 g/mol. The molecule has 9 heteroatoms. The van der Waals surface area contributed by atoms with Crippen LogP contribution in [-0.4, -0.2) is 46.6 Å². The van der Waals surface area contributed by atoms with E-state index in [0.717, 1.165) is 11.1 Å². The van der Waals surface area contributed by atoms with Crippen molar-refractivity contribution in [1.29, 1.82) is 0 Å². The summed E-state index contributed by atoms with van der Waals surface area (Å²) in [5, 5.41) is 85.3. The zero-order valence-electron chi connectivity index (χ0n) is 26.7. The first-order chi connectivity index (χ1) is 22.7. The Morgan fingerprint density at radius 2 is 1.40 bits per heavy atom. The van der Waals surface area contributed by atoms with Gasteiger partial charge in [0.1, 0.15) is 46.0 Å². The Bertz CT molecular complexity index is 1960. The van der Waals surface area contributed by atoms with Gasteiger partial charge in [-0.3, -0.25) is 4.79 Å². The van der Waals surface area contributed by atoms with E-state index in [0.29, 0.717) is 23.1 Å². The molecule has 0 heterocycles. The summed E-state index contributed by atoms with van der Waals surface area (Å²) in [6, 6.07) is 13.7. The van der Waals surface area contributed by atoms with E-state index in [9.17, 15) is 45.6 Å². The van der Waals surface area contributed by atoms with Gasteiger partial charge >= 0.3 is 0 Å². The summed E-state index contributed by atoms with van der Waals surface area (Å²) in [5.74, 6) is -5.11. The Morgan fingerprint density at radius 3 is 2.02 bits per heavy atom. The van der Waals surface area contributed by atoms with Crippen LogP contribution in [0.5, 0.6) is 46.0 Å². The normalized spacial score (nSPS) is 17.6. The minimum atomic E-state index is -1.07. The quantitative estimate of drug-likeness (QED) is 0.0538. The molecule has 3 atom stereocenters. The molecule has 4 aromatic carbocycles. The van der Waals surface area contributed by atoms with Gasteiger partial charge in [0.15, 0.2) is 5.78 Å². The van der Waals surface area contributed by atoms with Crippen LogP contribution in [0.1, 0.15) is 77.2 Å². The molecule has 0 bridgehead atoms. The van der Waals surface area contributed by atoms with Crippen LogP contribution < -0.4 is 0 Å². The molecule has 8 N–H and O–H groups in total. The average molecular weight is 651 g/mol. The van der Waals surface area contributed by atoms with Gasteiger partial charge in [0.25, 0.3) is 0 Å². The highest BCUT2D eigenvalue weighted by Gasteiger charge is 2.43. The van der Waals surface area contributed by atoms with E-state index in [1.807, 2.05) is 26.8 Å². The third-order valence-electron chi connectivity index (χ3n) is 8.74. The molecule has 48 heavy (non-hydrogen) atoms. The molecule has 0 fully saturated rings. The molecule has 0 aromatic heterocycles. The van der Waals surface area contributed by atoms with Crippen molar-refractivity contribution in [2.75, 3.05) is 0 Å². The zero-order chi connectivity index (χ0) is 34.9. The van der Waals surface area contributed by atoms with Crippen molar-refractivity contribution in [3.63, 3.8) is 0 Å². The predicted octanol–water partition coefficient (Wildman–Crippen LogP) is 7.73. The third-order valence-corrected chi connectivity index (χ3v) is 8.74. The van der Waals surface area contributed by atoms with Gasteiger partial charge in [0.2, 0.25) is 0 Å². The summed E-state index contributed by atoms with van der Waals surface area (Å²) < 4.78 is 0. The highest BCUT2D eigenvalue weighted by atomic mass is 16.3. The van der Waals surface area contributed by atoms with Gasteiger partial charge in [-0.2, -0.15) is 0 Å². The van der Waals surface area contributed by atoms with E-state index >= 15 is 0 Å². The summed E-state index contributed by atoms with van der Waals surface area (Å²) in [6.45, 7) is 5.58. The Labute approximate surface area is 278 Å². The van der Waals surface area contributed by atoms with Gasteiger partial charge in [0, 0.05) is 46.6 Å². The Morgan fingerprint density at radius 1 is 0.750 bits per heavy atom. The number of benzene rings is 4. The smallest absolute Gasteiger partial charge is 0.171 e. The molecule has 4 aromatic rings. The van der Waals surface area contributed by atoms with Gasteiger partial charge in [-0.1, -0.05) is 41.5 Å². The number of carbonyl (C=O) groups excluding carboxylic acids is 1. The number of rotatable bonds is 8. The van der Waals surface area contributed by atoms with E-state index in [1.54, 1.807) is 18.2 Å². The minimum Gasteiger partial charge on any atom is -0.508 e. The third kappa shape index (κ3) is 6.80. The van der Waals surface area contributed by atoms with Crippen molar-refractivity contribution in [3.05, 3.63) is 117 Å². The average Bonchev–Trinajstić information content (AvgIpc) is 2.99. The Hall–Kier alpha value is -5.83. The van der Waals surface area contributed by atoms with Crippen molar-refractivity contribution in [2.24, 2.45) is 5.92 Å². The number of aromatic hydroxyl groups is 8. The second-order valence-electron chi connectivity index (χ2n) is 12.5. The first-order valence-electron chi connectivity index (χ1n) is 15.4. The molecule has 0 saturated carbocycles. The maximum Gasteiger partial charge on any atom is 0.171 e. The summed E-state index contributed by atoms with van der Waals surface area (Å²) in [5.41, 5.74) is 3.06. The summed E-state index contributed by atoms with van der Waals surface area (Å²) in [6.07, 6.45) is 7.17. The van der Waals surface area contributed by atoms with Crippen molar-refractivity contribution in [1.82, 2.24) is 0 Å². The van der Waals surface area contributed by atoms with Crippen molar-refractivity contribution in [2.45, 2.75) is 45.4 Å². The molecule has 0 spiro atoms. The first-order valence-corrected chi connectivity index (χ1v) is 15.4. The lowest BCUT2D eigenvalue weighted by Gasteiger charge is -2.37. The molecule has 248 valence electrons. The van der Waals surface area contributed by atoms with Crippen LogP contribution in [-0.2, 0) is 6.42 Å². The molecule has 0 saturated heterocycles. The molecule has 0 radical (unpaired) electrons. The van der Waals surface area contributed by atoms with E-state index < -0.39 is 23.5 Å². The molecule has 1 aliphatic carbocycles. The van der Waals surface area contributed by atoms with E-state index in [1.165, 1.54) is 60.7 Å². The molecule has 9 nitrogen and oxygen atoms in total. The number of hydrogen-bond acceptors (Lipinski definition) is 9. The van der Waals surface area contributed by atoms with Crippen LogP contribution in [0.4, 0.5) is 0 Å². The van der Waals surface area contributed by atoms with Gasteiger partial charge in [-0.15, -0.1) is 0 Å². The molecule has 5 rings (SSSR count). The molecule has 1 unspecified atom stereocenters. The van der Waals surface area contributed by atoms with E-state index in [2.05, 4.69) is 0 Å². The van der Waals surface area contributed by atoms with Gasteiger partial charge in [0.05, 0.1) is 5.56 Å². The van der Waals surface area contributed by atoms with Crippen molar-refractivity contribution >= 4 is 17.9 Å². The van der Waals surface area contributed by atoms with Crippen LogP contribution in [0, 0.1) is 5.92 Å². The first kappa shape index (κ1) is 33.5. The molecule has 0 amide bonds. The van der Waals surface area contributed by atoms with Gasteiger partial charge in [-0.05, 0) is 87.2 Å². The molecule has 1 aliphatic rings. The molecular formula is C39H38O9. The summed E-state index contributed by atoms with van der Waals surface area (Å²) in [4.78, 5) is 14.6. The number of phenolic OH excluding ortho intramolecular Hbond substituents is 8. The van der Waals surface area contributed by atoms with Crippen LogP contribution in [0.25, 0.3) is 12.2 Å². The SMILES string of the molecule is CC(C)=CCc1c(O)ccc(C(=O)C2[C@H](c3c(O)cc(/C=C/c4ccc(O)cc4O)cc3O)C=C(C)C[C@H]2c2ccc(O)cc2O)c1O. The lowest BCUT2D eigenvalue weighted by atomic mass is 9.65. The Kier molecular flexibility index (Phi) is 9.43. The fourth-order valence-corrected chi connectivity index (χ4v) is 6.41. The summed E-state index contributed by atoms with van der Waals surface area (Å²) in [7, 11) is 0. The van der Waals surface area contributed by atoms with Crippen molar-refractivity contribution < 1.29 is 45.6 Å². The van der Waals surface area contributed by atoms with Crippen LogP contribution >= 0.6 is 0 Å². The minimum absolute atomic E-state index is 0.0586. The van der Waals surface area contributed by atoms with Crippen LogP contribution in [0.2, 0.25) is 0 Å². The molecular weight excluding hydrogens is 612 g/mol. The fourth-order valence-electron chi connectivity index (χ4n) is 6.41. The van der Waals surface area contributed by atoms with Gasteiger partial charge in [-0.25, -0.2) is 0 Å². The number of Topliss-reactive ketones (excluding diaryl/α,β-unsaturated/α-hetero) is 1. The second-order valence-corrected chi connectivity index (χ2v) is 12.5. The number of ketones is 1. The maximum atomic E-state index is 14.6. The van der Waals surface area contributed by atoms with Crippen LogP contribution in [0.15, 0.2) is 84.0 Å². The standard InChI is InChI=1S/C39H38O9/c1-20(2)4-10-27-31(42)13-12-28(38(27)47)39(48)36-29(26-11-9-25(41)19-33(26)44)14-21(3)15-30(36)37-34(45)16-22(17-35(37)46)5-6-23-7-8-24(40)18-32(23)43/h4-9,11-13,15-19,29-30,36,40-47H,10,14H2,1-3H3/b6-5+/t29-,30+,36?/m0/s1. The number of hydrogen-bond donors (Lipinski definition) is 8. The van der Waals surface area contributed by atoms with E-state index in [4.69, 9.17) is 0 Å². The highest BCUT2D eigenvalue weighted by molar-refractivity contribution is 6.02. The van der Waals surface area contributed by atoms with Crippen molar-refractivity contribution in [3.8, 4) is 46.0 Å². The van der Waals surface area contributed by atoms with Crippen LogP contribution in [0.3, 0.4) is 0 Å². The Balaban J connectivity index is 1.65. The summed E-state index contributed by atoms with van der Waals surface area (Å²) >= 11 is 0. The lowest BCUT2D eigenvalue weighted by Crippen LogP contribution is -2.31. The molecule has 0 aliphatic heterocycles. The zero-order valence-corrected chi connectivity index (χ0v) is 26.7. The fraction of sp³-hybridized carbons (Fsp3) is 0.205. The highest BCUT2D eigenvalue weighted by Crippen LogP contribution is 2.53. The topological polar surface area (TPSA) is 179 Å². The lowest BCUT2D eigenvalue weighted by molar-refractivity contribution is 0.0876. The number of carbonyl (C=O) groups is 1. The maximum absolute atomic E-state index is 14.6.